The molecule has 0 aliphatic heterocycles. The number of hydrogen-bond donors (Lipinski definition) is 0. The van der Waals surface area contributed by atoms with Gasteiger partial charge in [0.05, 0.1) is 17.3 Å². The lowest BCUT2D eigenvalue weighted by Crippen LogP contribution is -2.43. The fourth-order valence-corrected chi connectivity index (χ4v) is 3.99. The maximum Gasteiger partial charge on any atom is 0.0886 e. The van der Waals surface area contributed by atoms with Crippen molar-refractivity contribution in [2.75, 3.05) is 6.61 Å². The van der Waals surface area contributed by atoms with Gasteiger partial charge in [0.15, 0.2) is 0 Å². The monoisotopic (exact) mass is 435 g/mol. The molecular formula is C27H53N3O. The van der Waals surface area contributed by atoms with Crippen LogP contribution < -0.4 is 0 Å². The predicted molar refractivity (Wildman–Crippen MR) is 133 cm³/mol. The molecule has 182 valence electrons. The second-order valence-corrected chi connectivity index (χ2v) is 13.0. The van der Waals surface area contributed by atoms with Gasteiger partial charge in [-0.1, -0.05) is 81.4 Å². The second-order valence-electron chi connectivity index (χ2n) is 13.0. The summed E-state index contributed by atoms with van der Waals surface area (Å²) in [4.78, 5) is 0. The highest BCUT2D eigenvalue weighted by molar-refractivity contribution is 5.11. The first-order valence-electron chi connectivity index (χ1n) is 12.4. The standard InChI is InChI=1S/C27H53N3O/c1-19(2)22(6)26(11,12)23-18-30(29-28-23)21(5)17-25(9,10)27(13,14)31-16-15-24(7,8)20(3)4/h18-22H,15-17H2,1-14H3. The summed E-state index contributed by atoms with van der Waals surface area (Å²) in [6.45, 7) is 32.9. The normalized spacial score (nSPS) is 16.3. The molecule has 0 aromatic carbocycles. The summed E-state index contributed by atoms with van der Waals surface area (Å²) in [6.07, 6.45) is 4.23. The zero-order valence-electron chi connectivity index (χ0n) is 23.3. The Bertz CT molecular complexity index is 682. The Morgan fingerprint density at radius 3 is 1.94 bits per heavy atom. The first-order valence-corrected chi connectivity index (χ1v) is 12.4. The van der Waals surface area contributed by atoms with Gasteiger partial charge in [-0.25, -0.2) is 4.68 Å². The Morgan fingerprint density at radius 2 is 1.45 bits per heavy atom. The van der Waals surface area contributed by atoms with E-state index >= 15 is 0 Å². The van der Waals surface area contributed by atoms with Gasteiger partial charge in [-0.05, 0) is 62.2 Å². The molecular weight excluding hydrogens is 382 g/mol. The fraction of sp³-hybridized carbons (Fsp3) is 0.926. The van der Waals surface area contributed by atoms with Crippen molar-refractivity contribution in [3.63, 3.8) is 0 Å². The van der Waals surface area contributed by atoms with E-state index in [0.29, 0.717) is 23.2 Å². The largest absolute Gasteiger partial charge is 0.375 e. The van der Waals surface area contributed by atoms with Crippen molar-refractivity contribution in [2.24, 2.45) is 28.6 Å². The van der Waals surface area contributed by atoms with Crippen LogP contribution in [-0.4, -0.2) is 27.2 Å². The van der Waals surface area contributed by atoms with Crippen molar-refractivity contribution in [2.45, 2.75) is 127 Å². The molecule has 0 N–H and O–H groups in total. The third-order valence-corrected chi connectivity index (χ3v) is 8.97. The van der Waals surface area contributed by atoms with Crippen LogP contribution in [0.2, 0.25) is 0 Å². The highest BCUT2D eigenvalue weighted by atomic mass is 16.5. The SMILES string of the molecule is CC(C)C(C)C(C)(C)c1cn(C(C)CC(C)(C)C(C)(C)OCCC(C)(C)C(C)C)nn1. The van der Waals surface area contributed by atoms with Crippen LogP contribution in [-0.2, 0) is 10.2 Å². The van der Waals surface area contributed by atoms with Gasteiger partial charge >= 0.3 is 0 Å². The molecule has 1 rings (SSSR count). The van der Waals surface area contributed by atoms with Crippen molar-refractivity contribution >= 4 is 0 Å². The van der Waals surface area contributed by atoms with Crippen LogP contribution in [0.5, 0.6) is 0 Å². The third-order valence-electron chi connectivity index (χ3n) is 8.97. The van der Waals surface area contributed by atoms with Gasteiger partial charge in [0.2, 0.25) is 0 Å². The van der Waals surface area contributed by atoms with Gasteiger partial charge in [0.1, 0.15) is 0 Å². The molecule has 1 heterocycles. The maximum atomic E-state index is 6.49. The molecule has 0 saturated heterocycles. The van der Waals surface area contributed by atoms with Crippen LogP contribution in [0.15, 0.2) is 6.20 Å². The number of rotatable bonds is 12. The molecule has 4 heteroatoms. The third kappa shape index (κ3) is 6.79. The lowest BCUT2D eigenvalue weighted by Gasteiger charge is -2.43. The minimum atomic E-state index is -0.219. The highest BCUT2D eigenvalue weighted by Gasteiger charge is 2.40. The smallest absolute Gasteiger partial charge is 0.0886 e. The van der Waals surface area contributed by atoms with E-state index in [1.807, 2.05) is 0 Å². The van der Waals surface area contributed by atoms with E-state index < -0.39 is 0 Å². The van der Waals surface area contributed by atoms with Gasteiger partial charge in [-0.3, -0.25) is 0 Å². The van der Waals surface area contributed by atoms with Crippen LogP contribution in [0, 0.1) is 28.6 Å². The topological polar surface area (TPSA) is 39.9 Å². The van der Waals surface area contributed by atoms with Gasteiger partial charge in [0, 0.05) is 18.2 Å². The minimum Gasteiger partial charge on any atom is -0.375 e. The Hall–Kier alpha value is -0.900. The van der Waals surface area contributed by atoms with Gasteiger partial charge < -0.3 is 4.74 Å². The Balaban J connectivity index is 2.85. The quantitative estimate of drug-likeness (QED) is 0.338. The average Bonchev–Trinajstić information content (AvgIpc) is 3.11. The highest BCUT2D eigenvalue weighted by Crippen LogP contribution is 2.42. The number of nitrogens with zero attached hydrogens (tertiary/aromatic N) is 3. The number of ether oxygens (including phenoxy) is 1. The molecule has 0 fully saturated rings. The summed E-state index contributed by atoms with van der Waals surface area (Å²) in [7, 11) is 0. The van der Waals surface area contributed by atoms with Crippen molar-refractivity contribution in [3.05, 3.63) is 11.9 Å². The van der Waals surface area contributed by atoms with Crippen molar-refractivity contribution in [1.29, 1.82) is 0 Å². The molecule has 0 aliphatic carbocycles. The van der Waals surface area contributed by atoms with Crippen molar-refractivity contribution < 1.29 is 4.74 Å². The molecule has 31 heavy (non-hydrogen) atoms. The fourth-order valence-electron chi connectivity index (χ4n) is 3.99. The van der Waals surface area contributed by atoms with Gasteiger partial charge in [-0.2, -0.15) is 0 Å². The zero-order valence-corrected chi connectivity index (χ0v) is 23.3. The van der Waals surface area contributed by atoms with Crippen molar-refractivity contribution in [1.82, 2.24) is 15.0 Å². The van der Waals surface area contributed by atoms with Gasteiger partial charge in [-0.15, -0.1) is 5.10 Å². The lowest BCUT2D eigenvalue weighted by molar-refractivity contribution is -0.112. The Kier molecular flexibility index (Phi) is 9.01. The molecule has 4 nitrogen and oxygen atoms in total. The molecule has 0 aliphatic rings. The Labute approximate surface area is 193 Å². The summed E-state index contributed by atoms with van der Waals surface area (Å²) in [6, 6.07) is 0.261. The molecule has 2 unspecified atom stereocenters. The van der Waals surface area contributed by atoms with Crippen LogP contribution in [0.4, 0.5) is 0 Å². The van der Waals surface area contributed by atoms with Crippen LogP contribution in [0.3, 0.4) is 0 Å². The molecule has 1 aromatic rings. The molecule has 1 aromatic heterocycles. The zero-order chi connectivity index (χ0) is 24.4. The summed E-state index contributed by atoms with van der Waals surface area (Å²) < 4.78 is 8.55. The van der Waals surface area contributed by atoms with E-state index in [1.165, 1.54) is 0 Å². The molecule has 2 atom stereocenters. The molecule has 0 bridgehead atoms. The van der Waals surface area contributed by atoms with Crippen molar-refractivity contribution in [3.8, 4) is 0 Å². The van der Waals surface area contributed by atoms with E-state index in [-0.39, 0.29) is 22.5 Å². The summed E-state index contributed by atoms with van der Waals surface area (Å²) in [5.41, 5.74) is 1.17. The average molecular weight is 436 g/mol. The first-order chi connectivity index (χ1) is 13.8. The van der Waals surface area contributed by atoms with Crippen LogP contribution in [0.1, 0.15) is 122 Å². The number of aromatic nitrogens is 3. The molecule has 0 spiro atoms. The van der Waals surface area contributed by atoms with E-state index in [0.717, 1.165) is 25.1 Å². The van der Waals surface area contributed by atoms with Crippen LogP contribution in [0.25, 0.3) is 0 Å². The van der Waals surface area contributed by atoms with E-state index in [9.17, 15) is 0 Å². The van der Waals surface area contributed by atoms with E-state index in [1.54, 1.807) is 0 Å². The molecule has 0 saturated carbocycles. The Morgan fingerprint density at radius 1 is 0.903 bits per heavy atom. The minimum absolute atomic E-state index is 0.00124. The molecule has 0 radical (unpaired) electrons. The second kappa shape index (κ2) is 9.93. The summed E-state index contributed by atoms with van der Waals surface area (Å²) in [5, 5.41) is 9.11. The van der Waals surface area contributed by atoms with E-state index in [2.05, 4.69) is 118 Å². The molecule has 0 amide bonds. The predicted octanol–water partition coefficient (Wildman–Crippen LogP) is 7.69. The first kappa shape index (κ1) is 28.1. The summed E-state index contributed by atoms with van der Waals surface area (Å²) in [5.74, 6) is 1.79. The lowest BCUT2D eigenvalue weighted by atomic mass is 9.72. The maximum absolute atomic E-state index is 6.49. The van der Waals surface area contributed by atoms with Gasteiger partial charge in [0.25, 0.3) is 0 Å². The number of hydrogen-bond acceptors (Lipinski definition) is 3. The summed E-state index contributed by atoms with van der Waals surface area (Å²) >= 11 is 0. The van der Waals surface area contributed by atoms with E-state index in [4.69, 9.17) is 4.74 Å². The van der Waals surface area contributed by atoms with Crippen LogP contribution >= 0.6 is 0 Å².